The van der Waals surface area contributed by atoms with Crippen LogP contribution in [0.25, 0.3) is 11.3 Å². The van der Waals surface area contributed by atoms with E-state index in [1.807, 2.05) is 60.7 Å². The maximum absolute atomic E-state index is 12.8. The van der Waals surface area contributed by atoms with Gasteiger partial charge in [0, 0.05) is 31.7 Å². The summed E-state index contributed by atoms with van der Waals surface area (Å²) in [5, 5.41) is 0. The van der Waals surface area contributed by atoms with Crippen LogP contribution >= 0.6 is 0 Å². The van der Waals surface area contributed by atoms with Crippen molar-refractivity contribution in [3.05, 3.63) is 72.4 Å². The molecule has 6 heteroatoms. The van der Waals surface area contributed by atoms with Crippen molar-refractivity contribution >= 4 is 12.0 Å². The quantitative estimate of drug-likeness (QED) is 0.441. The van der Waals surface area contributed by atoms with Gasteiger partial charge >= 0.3 is 5.97 Å². The molecule has 0 bridgehead atoms. The number of anilines is 1. The van der Waals surface area contributed by atoms with Crippen LogP contribution in [0.2, 0.25) is 0 Å². The van der Waals surface area contributed by atoms with Gasteiger partial charge in [-0.2, -0.15) is 0 Å². The van der Waals surface area contributed by atoms with E-state index in [1.54, 1.807) is 6.20 Å². The van der Waals surface area contributed by atoms with Crippen LogP contribution in [0, 0.1) is 0 Å². The molecule has 0 radical (unpaired) electrons. The highest BCUT2D eigenvalue weighted by Crippen LogP contribution is 2.34. The number of esters is 1. The number of hydrogen-bond acceptors (Lipinski definition) is 6. The monoisotopic (exact) mass is 447 g/mol. The maximum atomic E-state index is 12.8. The van der Waals surface area contributed by atoms with E-state index in [1.165, 1.54) is 7.11 Å². The van der Waals surface area contributed by atoms with Gasteiger partial charge in [-0.1, -0.05) is 67.6 Å². The van der Waals surface area contributed by atoms with Crippen molar-refractivity contribution in [3.8, 4) is 11.3 Å². The number of carbonyl (C=O) groups is 1. The Balaban J connectivity index is 1.31. The average molecular weight is 448 g/mol. The van der Waals surface area contributed by atoms with Gasteiger partial charge in [0.25, 0.3) is 6.01 Å². The molecule has 3 aromatic rings. The summed E-state index contributed by atoms with van der Waals surface area (Å²) >= 11 is 0. The van der Waals surface area contributed by atoms with Crippen LogP contribution in [0.4, 0.5) is 6.01 Å². The summed E-state index contributed by atoms with van der Waals surface area (Å²) in [4.78, 5) is 22.0. The third-order valence-corrected chi connectivity index (χ3v) is 6.78. The minimum atomic E-state index is -0.580. The van der Waals surface area contributed by atoms with Gasteiger partial charge in [0.15, 0.2) is 5.76 Å². The molecular formula is C27H33N3O3. The Hall–Kier alpha value is -3.12. The van der Waals surface area contributed by atoms with Crippen LogP contribution in [-0.2, 0) is 14.9 Å². The number of carbonyl (C=O) groups excluding carboxylic acids is 1. The number of nitrogens with zero attached hydrogens (tertiary/aromatic N) is 3. The average Bonchev–Trinajstić information content (AvgIpc) is 3.38. The van der Waals surface area contributed by atoms with Gasteiger partial charge in [-0.3, -0.25) is 9.69 Å². The molecule has 2 heterocycles. The van der Waals surface area contributed by atoms with Crippen molar-refractivity contribution in [1.82, 2.24) is 9.88 Å². The summed E-state index contributed by atoms with van der Waals surface area (Å²) in [6.07, 6.45) is 4.25. The molecule has 0 N–H and O–H groups in total. The highest BCUT2D eigenvalue weighted by molar-refractivity contribution is 5.83. The molecule has 0 saturated carbocycles. The maximum Gasteiger partial charge on any atom is 0.316 e. The van der Waals surface area contributed by atoms with E-state index in [-0.39, 0.29) is 5.97 Å². The van der Waals surface area contributed by atoms with Crippen molar-refractivity contribution < 1.29 is 13.9 Å². The summed E-state index contributed by atoms with van der Waals surface area (Å²) in [6, 6.07) is 20.8. The molecule has 0 spiro atoms. The van der Waals surface area contributed by atoms with Gasteiger partial charge in [-0.25, -0.2) is 4.98 Å². The number of benzene rings is 2. The molecule has 1 unspecified atom stereocenters. The van der Waals surface area contributed by atoms with E-state index in [0.717, 1.165) is 68.9 Å². The second kappa shape index (κ2) is 10.7. The van der Waals surface area contributed by atoms with Crippen LogP contribution in [0.15, 0.2) is 71.3 Å². The number of aromatic nitrogens is 1. The molecule has 6 nitrogen and oxygen atoms in total. The first-order valence-electron chi connectivity index (χ1n) is 11.8. The van der Waals surface area contributed by atoms with Gasteiger partial charge in [-0.15, -0.1) is 0 Å². The molecule has 1 aromatic heterocycles. The standard InChI is InChI=1S/C27H33N3O3/c1-3-27(25(31)32-2,23-13-8-5-9-14-23)15-10-16-29-17-19-30(20-18-29)26-28-21-24(33-26)22-11-6-4-7-12-22/h4-9,11-14,21H,3,10,15-20H2,1-2H3. The van der Waals surface area contributed by atoms with Crippen LogP contribution < -0.4 is 4.90 Å². The summed E-state index contributed by atoms with van der Waals surface area (Å²) in [5.74, 6) is 0.659. The van der Waals surface area contributed by atoms with Gasteiger partial charge in [0.2, 0.25) is 0 Å². The lowest BCUT2D eigenvalue weighted by atomic mass is 9.74. The number of rotatable bonds is 9. The highest BCUT2D eigenvalue weighted by Gasteiger charge is 2.39. The zero-order chi connectivity index (χ0) is 23.1. The zero-order valence-corrected chi connectivity index (χ0v) is 19.6. The van der Waals surface area contributed by atoms with E-state index in [9.17, 15) is 4.79 Å². The molecule has 174 valence electrons. The number of piperazine rings is 1. The Morgan fingerprint density at radius 3 is 2.33 bits per heavy atom. The van der Waals surface area contributed by atoms with Crippen molar-refractivity contribution in [2.75, 3.05) is 44.7 Å². The highest BCUT2D eigenvalue weighted by atomic mass is 16.5. The minimum absolute atomic E-state index is 0.140. The van der Waals surface area contributed by atoms with Crippen molar-refractivity contribution in [3.63, 3.8) is 0 Å². The predicted octanol–water partition coefficient (Wildman–Crippen LogP) is 4.76. The van der Waals surface area contributed by atoms with Gasteiger partial charge < -0.3 is 14.1 Å². The molecule has 2 aromatic carbocycles. The van der Waals surface area contributed by atoms with E-state index < -0.39 is 5.41 Å². The van der Waals surface area contributed by atoms with Crippen molar-refractivity contribution in [2.24, 2.45) is 0 Å². The largest absolute Gasteiger partial charge is 0.468 e. The van der Waals surface area contributed by atoms with Crippen LogP contribution in [0.1, 0.15) is 31.7 Å². The first-order chi connectivity index (χ1) is 16.2. The third kappa shape index (κ3) is 5.11. The zero-order valence-electron chi connectivity index (χ0n) is 19.6. The summed E-state index contributed by atoms with van der Waals surface area (Å²) in [7, 11) is 1.49. The molecule has 0 aliphatic carbocycles. The van der Waals surface area contributed by atoms with Gasteiger partial charge in [-0.05, 0) is 31.4 Å². The number of methoxy groups -OCH3 is 1. The summed E-state index contributed by atoms with van der Waals surface area (Å²) in [5.41, 5.74) is 1.50. The second-order valence-electron chi connectivity index (χ2n) is 8.60. The Kier molecular flexibility index (Phi) is 7.45. The van der Waals surface area contributed by atoms with E-state index in [2.05, 4.69) is 21.7 Å². The lowest BCUT2D eigenvalue weighted by Crippen LogP contribution is -2.47. The Morgan fingerprint density at radius 2 is 1.70 bits per heavy atom. The fraction of sp³-hybridized carbons (Fsp3) is 0.407. The lowest BCUT2D eigenvalue weighted by molar-refractivity contribution is -0.148. The summed E-state index contributed by atoms with van der Waals surface area (Å²) < 4.78 is 11.2. The second-order valence-corrected chi connectivity index (χ2v) is 8.60. The SMILES string of the molecule is CCC(CCCN1CCN(c2ncc(-c3ccccc3)o2)CC1)(C(=O)OC)c1ccccc1. The predicted molar refractivity (Wildman–Crippen MR) is 130 cm³/mol. The lowest BCUT2D eigenvalue weighted by Gasteiger charge is -2.35. The van der Waals surface area contributed by atoms with Crippen LogP contribution in [0.3, 0.4) is 0 Å². The molecule has 0 amide bonds. The van der Waals surface area contributed by atoms with Crippen LogP contribution in [0.5, 0.6) is 0 Å². The Morgan fingerprint density at radius 1 is 1.03 bits per heavy atom. The molecule has 4 rings (SSSR count). The number of hydrogen-bond donors (Lipinski definition) is 0. The van der Waals surface area contributed by atoms with Crippen molar-refractivity contribution in [1.29, 1.82) is 0 Å². The Bertz CT molecular complexity index is 1010. The molecule has 1 atom stereocenters. The fourth-order valence-electron chi connectivity index (χ4n) is 4.76. The van der Waals surface area contributed by atoms with Gasteiger partial charge in [0.1, 0.15) is 0 Å². The fourth-order valence-corrected chi connectivity index (χ4v) is 4.76. The van der Waals surface area contributed by atoms with E-state index in [4.69, 9.17) is 9.15 Å². The van der Waals surface area contributed by atoms with Crippen molar-refractivity contribution in [2.45, 2.75) is 31.6 Å². The first kappa shape index (κ1) is 23.1. The summed E-state index contributed by atoms with van der Waals surface area (Å²) in [6.45, 7) is 6.69. The number of oxazole rings is 1. The minimum Gasteiger partial charge on any atom is -0.468 e. The first-order valence-corrected chi connectivity index (χ1v) is 11.8. The smallest absolute Gasteiger partial charge is 0.316 e. The Labute approximate surface area is 196 Å². The van der Waals surface area contributed by atoms with E-state index in [0.29, 0.717) is 6.01 Å². The molecule has 33 heavy (non-hydrogen) atoms. The van der Waals surface area contributed by atoms with Crippen LogP contribution in [-0.4, -0.2) is 55.7 Å². The normalized spacial score (nSPS) is 16.4. The molecule has 1 fully saturated rings. The molecule has 1 aliphatic rings. The topological polar surface area (TPSA) is 58.8 Å². The third-order valence-electron chi connectivity index (χ3n) is 6.78. The molecule has 1 aliphatic heterocycles. The van der Waals surface area contributed by atoms with Gasteiger partial charge in [0.05, 0.1) is 18.7 Å². The number of ether oxygens (including phenoxy) is 1. The van der Waals surface area contributed by atoms with E-state index >= 15 is 0 Å². The molecule has 1 saturated heterocycles. The molecular weight excluding hydrogens is 414 g/mol.